The van der Waals surface area contributed by atoms with Crippen molar-refractivity contribution in [1.82, 2.24) is 4.98 Å². The molecule has 1 aromatic rings. The number of hydrogen-bond acceptors (Lipinski definition) is 4. The lowest BCUT2D eigenvalue weighted by Gasteiger charge is -1.99. The van der Waals surface area contributed by atoms with Gasteiger partial charge in [0.1, 0.15) is 11.6 Å². The molecule has 0 aliphatic carbocycles. The first kappa shape index (κ1) is 10.8. The van der Waals surface area contributed by atoms with Gasteiger partial charge < -0.3 is 10.1 Å². The summed E-state index contributed by atoms with van der Waals surface area (Å²) >= 11 is 0. The van der Waals surface area contributed by atoms with Gasteiger partial charge in [-0.05, 0) is 4.92 Å². The van der Waals surface area contributed by atoms with E-state index in [9.17, 15) is 23.7 Å². The molecule has 0 saturated carbocycles. The number of rotatable bonds is 2. The Balaban J connectivity index is 3.53. The minimum Gasteiger partial charge on any atom is -0.358 e. The van der Waals surface area contributed by atoms with Crippen LogP contribution in [-0.4, -0.2) is 9.91 Å². The van der Waals surface area contributed by atoms with Gasteiger partial charge in [-0.1, -0.05) is 0 Å². The van der Waals surface area contributed by atoms with Crippen LogP contribution < -0.4 is 5.43 Å². The van der Waals surface area contributed by atoms with Crippen LogP contribution in [0.5, 0.6) is 0 Å². The van der Waals surface area contributed by atoms with Crippen molar-refractivity contribution in [3.8, 4) is 6.07 Å². The lowest BCUT2D eigenvalue weighted by Crippen LogP contribution is -2.14. The highest BCUT2D eigenvalue weighted by molar-refractivity contribution is 5.37. The zero-order valence-corrected chi connectivity index (χ0v) is 7.03. The van der Waals surface area contributed by atoms with Crippen LogP contribution in [0.25, 0.3) is 0 Å². The van der Waals surface area contributed by atoms with E-state index >= 15 is 0 Å². The number of hydrogen-bond donors (Lipinski definition) is 1. The van der Waals surface area contributed by atoms with Crippen molar-refractivity contribution >= 4 is 5.82 Å². The molecule has 78 valence electrons. The highest BCUT2D eigenvalue weighted by atomic mass is 19.3. The highest BCUT2D eigenvalue weighted by Gasteiger charge is 2.23. The monoisotopic (exact) mass is 215 g/mol. The number of pyridine rings is 1. The summed E-state index contributed by atoms with van der Waals surface area (Å²) in [5.41, 5.74) is -3.07. The fraction of sp³-hybridized carbons (Fsp3) is 0.143. The number of aromatic amines is 1. The Kier molecular flexibility index (Phi) is 2.75. The van der Waals surface area contributed by atoms with Crippen LogP contribution in [0.1, 0.15) is 17.7 Å². The van der Waals surface area contributed by atoms with Crippen molar-refractivity contribution in [2.24, 2.45) is 0 Å². The van der Waals surface area contributed by atoms with Crippen LogP contribution in [-0.2, 0) is 0 Å². The van der Waals surface area contributed by atoms with Crippen LogP contribution in [0, 0.1) is 21.4 Å². The second-order valence-electron chi connectivity index (χ2n) is 2.48. The molecule has 0 aliphatic rings. The molecule has 15 heavy (non-hydrogen) atoms. The number of alkyl halides is 2. The van der Waals surface area contributed by atoms with Crippen LogP contribution in [0.4, 0.5) is 14.6 Å². The number of aromatic nitrogens is 1. The summed E-state index contributed by atoms with van der Waals surface area (Å²) < 4.78 is 24.5. The van der Waals surface area contributed by atoms with E-state index in [-0.39, 0.29) is 0 Å². The molecule has 6 nitrogen and oxygen atoms in total. The Bertz CT molecular complexity index is 503. The molecule has 0 aliphatic heterocycles. The lowest BCUT2D eigenvalue weighted by atomic mass is 10.2. The summed E-state index contributed by atoms with van der Waals surface area (Å²) in [5, 5.41) is 18.7. The molecule has 0 fully saturated rings. The molecule has 8 heteroatoms. The van der Waals surface area contributed by atoms with Crippen molar-refractivity contribution in [2.75, 3.05) is 0 Å². The van der Waals surface area contributed by atoms with Crippen LogP contribution >= 0.6 is 0 Å². The second-order valence-corrected chi connectivity index (χ2v) is 2.48. The van der Waals surface area contributed by atoms with Gasteiger partial charge in [-0.15, -0.1) is 0 Å². The number of nitriles is 1. The van der Waals surface area contributed by atoms with Crippen molar-refractivity contribution < 1.29 is 13.7 Å². The molecule has 0 bridgehead atoms. The first-order chi connectivity index (χ1) is 6.97. The summed E-state index contributed by atoms with van der Waals surface area (Å²) in [6, 6.07) is 1.69. The van der Waals surface area contributed by atoms with Crippen molar-refractivity contribution in [3.05, 3.63) is 37.7 Å². The third kappa shape index (κ3) is 1.96. The van der Waals surface area contributed by atoms with Crippen LogP contribution in [0.2, 0.25) is 0 Å². The Morgan fingerprint density at radius 1 is 1.60 bits per heavy atom. The minimum absolute atomic E-state index is 0.419. The molecule has 0 radical (unpaired) electrons. The Labute approximate surface area is 80.9 Å². The van der Waals surface area contributed by atoms with Gasteiger partial charge in [0.05, 0.1) is 6.07 Å². The normalized spacial score (nSPS) is 10.0. The molecular weight excluding hydrogens is 212 g/mol. The Morgan fingerprint density at radius 2 is 2.20 bits per heavy atom. The summed E-state index contributed by atoms with van der Waals surface area (Å²) in [4.78, 5) is 22.1. The molecule has 1 heterocycles. The van der Waals surface area contributed by atoms with E-state index in [1.54, 1.807) is 0 Å². The van der Waals surface area contributed by atoms with Gasteiger partial charge in [-0.25, -0.2) is 13.8 Å². The van der Waals surface area contributed by atoms with E-state index in [0.29, 0.717) is 6.07 Å². The zero-order valence-electron chi connectivity index (χ0n) is 7.03. The van der Waals surface area contributed by atoms with Gasteiger partial charge in [0.15, 0.2) is 0 Å². The highest BCUT2D eigenvalue weighted by Crippen LogP contribution is 2.19. The van der Waals surface area contributed by atoms with E-state index in [2.05, 4.69) is 0 Å². The summed E-state index contributed by atoms with van der Waals surface area (Å²) in [6.07, 6.45) is -3.15. The molecule has 1 rings (SSSR count). The molecular formula is C7H3F2N3O3. The predicted octanol–water partition coefficient (Wildman–Crippen LogP) is 1.09. The van der Waals surface area contributed by atoms with E-state index < -0.39 is 33.9 Å². The van der Waals surface area contributed by atoms with Crippen LogP contribution in [0.3, 0.4) is 0 Å². The second kappa shape index (κ2) is 3.83. The van der Waals surface area contributed by atoms with Gasteiger partial charge in [0.2, 0.25) is 11.1 Å². The fourth-order valence-electron chi connectivity index (χ4n) is 0.960. The Morgan fingerprint density at radius 3 is 2.60 bits per heavy atom. The molecule has 0 saturated heterocycles. The third-order valence-electron chi connectivity index (χ3n) is 1.58. The molecule has 0 unspecified atom stereocenters. The maximum atomic E-state index is 12.3. The maximum Gasteiger partial charge on any atom is 0.325 e. The average molecular weight is 215 g/mol. The lowest BCUT2D eigenvalue weighted by molar-refractivity contribution is -0.389. The number of H-pyrrole nitrogens is 1. The van der Waals surface area contributed by atoms with E-state index in [1.807, 2.05) is 4.98 Å². The standard InChI is InChI=1S/C7H3F2N3O3/c8-7(9)6-3(2-10)11-5(12(14)15)1-4(6)13/h1,7H,(H,11,13). The van der Waals surface area contributed by atoms with Crippen molar-refractivity contribution in [1.29, 1.82) is 5.26 Å². The van der Waals surface area contributed by atoms with E-state index in [4.69, 9.17) is 5.26 Å². The van der Waals surface area contributed by atoms with E-state index in [1.165, 1.54) is 6.07 Å². The first-order valence-corrected chi connectivity index (χ1v) is 3.57. The number of nitrogens with one attached hydrogen (secondary N) is 1. The SMILES string of the molecule is N#Cc1[nH]c([N+](=O)[O-])cc(=O)c1C(F)F. The quantitative estimate of drug-likeness (QED) is 0.589. The average Bonchev–Trinajstić information content (AvgIpc) is 2.15. The first-order valence-electron chi connectivity index (χ1n) is 3.57. The maximum absolute atomic E-state index is 12.3. The smallest absolute Gasteiger partial charge is 0.325 e. The third-order valence-corrected chi connectivity index (χ3v) is 1.58. The zero-order chi connectivity index (χ0) is 11.6. The molecule has 0 aromatic carbocycles. The minimum atomic E-state index is -3.15. The van der Waals surface area contributed by atoms with Gasteiger partial charge in [-0.2, -0.15) is 5.26 Å². The molecule has 1 N–H and O–H groups in total. The van der Waals surface area contributed by atoms with E-state index in [0.717, 1.165) is 0 Å². The topological polar surface area (TPSA) is 99.8 Å². The van der Waals surface area contributed by atoms with Gasteiger partial charge in [0.25, 0.3) is 6.43 Å². The van der Waals surface area contributed by atoms with Gasteiger partial charge in [0, 0.05) is 0 Å². The summed E-state index contributed by atoms with van der Waals surface area (Å²) in [6.45, 7) is 0. The van der Waals surface area contributed by atoms with Gasteiger partial charge in [-0.3, -0.25) is 4.79 Å². The number of nitrogens with zero attached hydrogens (tertiary/aromatic N) is 2. The van der Waals surface area contributed by atoms with Crippen molar-refractivity contribution in [2.45, 2.75) is 6.43 Å². The summed E-state index contributed by atoms with van der Waals surface area (Å²) in [5.74, 6) is -0.791. The predicted molar refractivity (Wildman–Crippen MR) is 43.4 cm³/mol. The number of nitro groups is 1. The van der Waals surface area contributed by atoms with Gasteiger partial charge >= 0.3 is 5.82 Å². The summed E-state index contributed by atoms with van der Waals surface area (Å²) in [7, 11) is 0. The van der Waals surface area contributed by atoms with Crippen molar-refractivity contribution in [3.63, 3.8) is 0 Å². The molecule has 0 atom stereocenters. The molecule has 0 amide bonds. The molecule has 0 spiro atoms. The Hall–Kier alpha value is -2.30. The van der Waals surface area contributed by atoms with Crippen LogP contribution in [0.15, 0.2) is 10.9 Å². The fourth-order valence-corrected chi connectivity index (χ4v) is 0.960. The number of halogens is 2. The largest absolute Gasteiger partial charge is 0.358 e. The molecule has 1 aromatic heterocycles.